The summed E-state index contributed by atoms with van der Waals surface area (Å²) in [6.07, 6.45) is 0. The number of methoxy groups -OCH3 is 1. The Hall–Kier alpha value is -3.32. The van der Waals surface area contributed by atoms with Gasteiger partial charge < -0.3 is 20.3 Å². The second-order valence-corrected chi connectivity index (χ2v) is 7.70. The van der Waals surface area contributed by atoms with Crippen molar-refractivity contribution in [1.29, 1.82) is 0 Å². The quantitative estimate of drug-likeness (QED) is 0.479. The van der Waals surface area contributed by atoms with Crippen LogP contribution in [0.4, 0.5) is 11.4 Å². The molecular weight excluding hydrogens is 458 g/mol. The van der Waals surface area contributed by atoms with Gasteiger partial charge in [0.05, 0.1) is 25.9 Å². The van der Waals surface area contributed by atoms with E-state index < -0.39 is 0 Å². The van der Waals surface area contributed by atoms with Gasteiger partial charge in [-0.1, -0.05) is 42.5 Å². The number of para-hydroxylation sites is 1. The molecule has 0 fully saturated rings. The van der Waals surface area contributed by atoms with Crippen LogP contribution in [0.1, 0.15) is 5.56 Å². The number of carbonyl (C=O) groups is 2. The number of carbonyl (C=O) groups excluding carboxylic acids is 2. The Balaban J connectivity index is 1.61. The van der Waals surface area contributed by atoms with Crippen LogP contribution in [0.25, 0.3) is 0 Å². The predicted molar refractivity (Wildman–Crippen MR) is 126 cm³/mol. The minimum atomic E-state index is -0.292. The summed E-state index contributed by atoms with van der Waals surface area (Å²) >= 11 is 3.39. The van der Waals surface area contributed by atoms with Crippen LogP contribution in [0.3, 0.4) is 0 Å². The highest BCUT2D eigenvalue weighted by Gasteiger charge is 2.14. The Morgan fingerprint density at radius 3 is 2.26 bits per heavy atom. The number of rotatable bonds is 9. The van der Waals surface area contributed by atoms with Crippen LogP contribution in [0.15, 0.2) is 83.3 Å². The zero-order valence-corrected chi connectivity index (χ0v) is 18.8. The van der Waals surface area contributed by atoms with Crippen molar-refractivity contribution in [3.05, 3.63) is 88.9 Å². The standard InChI is InChI=1S/C24H24BrN3O3/c1-31-20-13-11-19(12-14-20)28(16-18-7-3-2-4-8-18)17-24(30)26-15-23(29)27-22-10-6-5-9-21(22)25/h2-14H,15-17H2,1H3,(H,26,30)(H,27,29). The smallest absolute Gasteiger partial charge is 0.243 e. The molecule has 0 unspecified atom stereocenters. The fourth-order valence-corrected chi connectivity index (χ4v) is 3.38. The summed E-state index contributed by atoms with van der Waals surface area (Å²) in [6, 6.07) is 24.8. The number of nitrogens with zero attached hydrogens (tertiary/aromatic N) is 1. The lowest BCUT2D eigenvalue weighted by molar-refractivity contribution is -0.123. The SMILES string of the molecule is COc1ccc(N(CC(=O)NCC(=O)Nc2ccccc2Br)Cc2ccccc2)cc1. The summed E-state index contributed by atoms with van der Waals surface area (Å²) < 4.78 is 6.01. The average Bonchev–Trinajstić information content (AvgIpc) is 2.79. The molecule has 0 radical (unpaired) electrons. The molecule has 0 atom stereocenters. The molecule has 7 heteroatoms. The first-order chi connectivity index (χ1) is 15.0. The highest BCUT2D eigenvalue weighted by molar-refractivity contribution is 9.10. The maximum atomic E-state index is 12.6. The van der Waals surface area contributed by atoms with Crippen molar-refractivity contribution in [3.8, 4) is 5.75 Å². The molecule has 3 rings (SSSR count). The molecule has 0 heterocycles. The number of hydrogen-bond donors (Lipinski definition) is 2. The van der Waals surface area contributed by atoms with Crippen molar-refractivity contribution >= 4 is 39.1 Å². The van der Waals surface area contributed by atoms with E-state index in [0.29, 0.717) is 12.2 Å². The van der Waals surface area contributed by atoms with E-state index in [9.17, 15) is 9.59 Å². The molecule has 0 aliphatic rings. The molecule has 0 aliphatic heterocycles. The molecule has 3 aromatic rings. The minimum Gasteiger partial charge on any atom is -0.497 e. The van der Waals surface area contributed by atoms with Gasteiger partial charge in [0.2, 0.25) is 11.8 Å². The van der Waals surface area contributed by atoms with E-state index in [1.54, 1.807) is 13.2 Å². The predicted octanol–water partition coefficient (Wildman–Crippen LogP) is 4.22. The van der Waals surface area contributed by atoms with Gasteiger partial charge in [0.1, 0.15) is 5.75 Å². The van der Waals surface area contributed by atoms with Crippen molar-refractivity contribution in [2.75, 3.05) is 30.4 Å². The maximum Gasteiger partial charge on any atom is 0.243 e. The van der Waals surface area contributed by atoms with Crippen molar-refractivity contribution in [2.45, 2.75) is 6.54 Å². The van der Waals surface area contributed by atoms with E-state index >= 15 is 0 Å². The minimum absolute atomic E-state index is 0.109. The van der Waals surface area contributed by atoms with Crippen molar-refractivity contribution < 1.29 is 14.3 Å². The number of benzene rings is 3. The van der Waals surface area contributed by atoms with Gasteiger partial charge in [0.15, 0.2) is 0 Å². The lowest BCUT2D eigenvalue weighted by Crippen LogP contribution is -2.40. The third kappa shape index (κ3) is 6.86. The first-order valence-corrected chi connectivity index (χ1v) is 10.6. The van der Waals surface area contributed by atoms with E-state index in [4.69, 9.17) is 4.74 Å². The fourth-order valence-electron chi connectivity index (χ4n) is 3.00. The summed E-state index contributed by atoms with van der Waals surface area (Å²) in [7, 11) is 1.61. The second-order valence-electron chi connectivity index (χ2n) is 6.84. The molecule has 0 aliphatic carbocycles. The van der Waals surface area contributed by atoms with Crippen LogP contribution in [0.5, 0.6) is 5.75 Å². The molecule has 0 saturated heterocycles. The van der Waals surface area contributed by atoms with Gasteiger partial charge in [-0.25, -0.2) is 0 Å². The van der Waals surface area contributed by atoms with Gasteiger partial charge in [-0.15, -0.1) is 0 Å². The molecule has 2 N–H and O–H groups in total. The van der Waals surface area contributed by atoms with Crippen LogP contribution in [0.2, 0.25) is 0 Å². The fraction of sp³-hybridized carbons (Fsp3) is 0.167. The first kappa shape index (κ1) is 22.4. The third-order valence-corrected chi connectivity index (χ3v) is 5.27. The number of hydrogen-bond acceptors (Lipinski definition) is 4. The summed E-state index contributed by atoms with van der Waals surface area (Å²) in [4.78, 5) is 26.8. The monoisotopic (exact) mass is 481 g/mol. The number of nitrogens with one attached hydrogen (secondary N) is 2. The van der Waals surface area contributed by atoms with E-state index in [2.05, 4.69) is 26.6 Å². The van der Waals surface area contributed by atoms with Crippen LogP contribution in [0, 0.1) is 0 Å². The van der Waals surface area contributed by atoms with Crippen LogP contribution in [-0.4, -0.2) is 32.0 Å². The topological polar surface area (TPSA) is 70.7 Å². The average molecular weight is 482 g/mol. The lowest BCUT2D eigenvalue weighted by Gasteiger charge is -2.24. The summed E-state index contributed by atoms with van der Waals surface area (Å²) in [5, 5.41) is 5.47. The number of ether oxygens (including phenoxy) is 1. The summed E-state index contributed by atoms with van der Waals surface area (Å²) in [6.45, 7) is 0.565. The van der Waals surface area contributed by atoms with Crippen LogP contribution >= 0.6 is 15.9 Å². The zero-order chi connectivity index (χ0) is 22.1. The van der Waals surface area contributed by atoms with Gasteiger partial charge in [-0.2, -0.15) is 0 Å². The Morgan fingerprint density at radius 1 is 0.903 bits per heavy atom. The molecule has 6 nitrogen and oxygen atoms in total. The van der Waals surface area contributed by atoms with Crippen molar-refractivity contribution in [1.82, 2.24) is 5.32 Å². The van der Waals surface area contributed by atoms with Crippen LogP contribution < -0.4 is 20.3 Å². The molecular formula is C24H24BrN3O3. The highest BCUT2D eigenvalue weighted by atomic mass is 79.9. The second kappa shape index (κ2) is 11.2. The lowest BCUT2D eigenvalue weighted by atomic mass is 10.2. The van der Waals surface area contributed by atoms with Gasteiger partial charge in [-0.3, -0.25) is 9.59 Å². The zero-order valence-electron chi connectivity index (χ0n) is 17.2. The largest absolute Gasteiger partial charge is 0.497 e. The maximum absolute atomic E-state index is 12.6. The van der Waals surface area contributed by atoms with E-state index in [1.165, 1.54) is 0 Å². The molecule has 160 valence electrons. The number of halogens is 1. The van der Waals surface area contributed by atoms with E-state index in [-0.39, 0.29) is 24.9 Å². The Morgan fingerprint density at radius 2 is 1.58 bits per heavy atom. The Bertz CT molecular complexity index is 1010. The van der Waals surface area contributed by atoms with Gasteiger partial charge in [0, 0.05) is 16.7 Å². The molecule has 31 heavy (non-hydrogen) atoms. The summed E-state index contributed by atoms with van der Waals surface area (Å²) in [5.41, 5.74) is 2.63. The molecule has 3 aromatic carbocycles. The Kier molecular flexibility index (Phi) is 8.06. The first-order valence-electron chi connectivity index (χ1n) is 9.79. The number of amides is 2. The number of anilines is 2. The molecule has 0 spiro atoms. The van der Waals surface area contributed by atoms with Crippen LogP contribution in [-0.2, 0) is 16.1 Å². The Labute approximate surface area is 190 Å². The molecule has 0 bridgehead atoms. The summed E-state index contributed by atoms with van der Waals surface area (Å²) in [5.74, 6) is 0.213. The highest BCUT2D eigenvalue weighted by Crippen LogP contribution is 2.22. The molecule has 0 saturated carbocycles. The normalized spacial score (nSPS) is 10.3. The van der Waals surface area contributed by atoms with Gasteiger partial charge >= 0.3 is 0 Å². The molecule has 2 amide bonds. The van der Waals surface area contributed by atoms with Gasteiger partial charge in [-0.05, 0) is 57.9 Å². The van der Waals surface area contributed by atoms with Crippen molar-refractivity contribution in [2.24, 2.45) is 0 Å². The van der Waals surface area contributed by atoms with E-state index in [0.717, 1.165) is 21.5 Å². The van der Waals surface area contributed by atoms with E-state index in [1.807, 2.05) is 77.7 Å². The third-order valence-electron chi connectivity index (χ3n) is 4.58. The van der Waals surface area contributed by atoms with Gasteiger partial charge in [0.25, 0.3) is 0 Å². The molecule has 0 aromatic heterocycles. The van der Waals surface area contributed by atoms with Crippen molar-refractivity contribution in [3.63, 3.8) is 0 Å².